The van der Waals surface area contributed by atoms with E-state index in [0.29, 0.717) is 0 Å². The fraction of sp³-hybridized carbons (Fsp3) is 0.750. The highest BCUT2D eigenvalue weighted by molar-refractivity contribution is 6.23. The summed E-state index contributed by atoms with van der Waals surface area (Å²) in [7, 11) is 0. The quantitative estimate of drug-likeness (QED) is 0.442. The summed E-state index contributed by atoms with van der Waals surface area (Å²) in [5.74, 6) is -2.19. The van der Waals surface area contributed by atoms with Gasteiger partial charge in [0.1, 0.15) is 6.10 Å². The lowest BCUT2D eigenvalue weighted by Gasteiger charge is -2.45. The van der Waals surface area contributed by atoms with Gasteiger partial charge >= 0.3 is 23.2 Å². The van der Waals surface area contributed by atoms with E-state index >= 15 is 0 Å². The summed E-state index contributed by atoms with van der Waals surface area (Å²) in [6, 6.07) is 0. The Morgan fingerprint density at radius 3 is 1.95 bits per heavy atom. The highest BCUT2D eigenvalue weighted by Gasteiger charge is 2.58. The van der Waals surface area contributed by atoms with Gasteiger partial charge in [-0.25, -0.2) is 0 Å². The zero-order chi connectivity index (χ0) is 16.4. The Balaban J connectivity index is 3.08. The molecule has 1 N–H and O–H groups in total. The maximum atomic E-state index is 11.2. The van der Waals surface area contributed by atoms with Gasteiger partial charge < -0.3 is 24.1 Å². The summed E-state index contributed by atoms with van der Waals surface area (Å²) in [5, 5.41) is 7.95. The number of aliphatic hydroxyl groups excluding tert-OH is 1. The molecule has 0 aromatic heterocycles. The van der Waals surface area contributed by atoms with Gasteiger partial charge in [-0.3, -0.25) is 14.4 Å². The molecule has 1 unspecified atom stereocenters. The third-order valence-electron chi connectivity index (χ3n) is 2.68. The van der Waals surface area contributed by atoms with Gasteiger partial charge in [0.2, 0.25) is 0 Å². The zero-order valence-corrected chi connectivity index (χ0v) is 12.7. The van der Waals surface area contributed by atoms with Crippen molar-refractivity contribution in [2.75, 3.05) is 0 Å². The average molecular weight is 325 g/mol. The van der Waals surface area contributed by atoms with E-state index in [1.165, 1.54) is 6.92 Å². The van der Waals surface area contributed by atoms with Crippen LogP contribution in [0.4, 0.5) is 0 Å². The van der Waals surface area contributed by atoms with E-state index < -0.39 is 47.6 Å². The molecule has 5 atom stereocenters. The lowest BCUT2D eigenvalue weighted by Crippen LogP contribution is -2.64. The first-order chi connectivity index (χ1) is 9.56. The Bertz CT molecular complexity index is 439. The second kappa shape index (κ2) is 6.59. The fourth-order valence-electron chi connectivity index (χ4n) is 1.99. The first kappa shape index (κ1) is 17.7. The van der Waals surface area contributed by atoms with Crippen LogP contribution < -0.4 is 0 Å². The molecule has 8 nitrogen and oxygen atoms in total. The molecule has 1 aliphatic heterocycles. The minimum atomic E-state index is -2.23. The smallest absolute Gasteiger partial charge is 0.324 e. The highest BCUT2D eigenvalue weighted by Crippen LogP contribution is 2.37. The van der Waals surface area contributed by atoms with Crippen molar-refractivity contribution in [3.63, 3.8) is 0 Å². The van der Waals surface area contributed by atoms with Gasteiger partial charge in [-0.05, 0) is 18.5 Å². The Labute approximate surface area is 126 Å². The first-order valence-corrected chi connectivity index (χ1v) is 6.53. The van der Waals surface area contributed by atoms with Crippen molar-refractivity contribution < 1.29 is 38.4 Å². The van der Waals surface area contributed by atoms with Crippen LogP contribution in [-0.4, -0.2) is 52.7 Å². The van der Waals surface area contributed by atoms with Crippen LogP contribution >= 0.6 is 11.6 Å². The summed E-state index contributed by atoms with van der Waals surface area (Å²) in [6.07, 6.45) is -5.07. The van der Waals surface area contributed by atoms with Crippen molar-refractivity contribution in [1.82, 2.24) is 0 Å². The summed E-state index contributed by atoms with van der Waals surface area (Å²) in [6.45, 7) is 4.80. The number of carbonyl (C=O) groups is 3. The summed E-state index contributed by atoms with van der Waals surface area (Å²) < 4.78 is 19.9. The van der Waals surface area contributed by atoms with Crippen LogP contribution in [0.25, 0.3) is 0 Å². The van der Waals surface area contributed by atoms with Crippen molar-refractivity contribution in [2.45, 2.75) is 57.4 Å². The van der Waals surface area contributed by atoms with Crippen LogP contribution in [0.2, 0.25) is 0 Å². The molecule has 0 saturated carbocycles. The van der Waals surface area contributed by atoms with Crippen LogP contribution in [0.5, 0.6) is 0 Å². The summed E-state index contributed by atoms with van der Waals surface area (Å²) >= 11 is 5.95. The van der Waals surface area contributed by atoms with E-state index in [-0.39, 0.29) is 0 Å². The molecular weight excluding hydrogens is 308 g/mol. The van der Waals surface area contributed by atoms with Crippen molar-refractivity contribution in [1.29, 1.82) is 0 Å². The molecule has 120 valence electrons. The molecule has 1 fully saturated rings. The van der Waals surface area contributed by atoms with E-state index in [0.717, 1.165) is 20.8 Å². The van der Waals surface area contributed by atoms with Gasteiger partial charge in [0.25, 0.3) is 0 Å². The van der Waals surface area contributed by atoms with E-state index in [9.17, 15) is 19.5 Å². The van der Waals surface area contributed by atoms with Crippen LogP contribution in [0, 0.1) is 0 Å². The number of rotatable bonds is 3. The molecule has 0 aliphatic carbocycles. The highest BCUT2D eigenvalue weighted by atomic mass is 35.5. The van der Waals surface area contributed by atoms with E-state index in [2.05, 4.69) is 0 Å². The normalized spacial score (nSPS) is 35.7. The molecule has 0 aromatic carbocycles. The van der Waals surface area contributed by atoms with Gasteiger partial charge in [-0.1, -0.05) is 0 Å². The van der Waals surface area contributed by atoms with Gasteiger partial charge in [0.15, 0.2) is 18.3 Å². The second-order valence-electron chi connectivity index (χ2n) is 4.59. The predicted octanol–water partition coefficient (Wildman–Crippen LogP) is 0.0851. The number of carbonyl (C=O) groups excluding carboxylic acids is 3. The molecule has 0 spiro atoms. The number of hydrogen-bond donors (Lipinski definition) is 1. The van der Waals surface area contributed by atoms with E-state index in [1.54, 1.807) is 0 Å². The number of aliphatic hydroxyl groups is 1. The third-order valence-corrected chi connectivity index (χ3v) is 3.07. The topological polar surface area (TPSA) is 108 Å². The Hall–Kier alpha value is -1.38. The molecule has 0 amide bonds. The van der Waals surface area contributed by atoms with Crippen molar-refractivity contribution in [2.24, 2.45) is 0 Å². The molecule has 0 aromatic rings. The number of alkyl halides is 1. The summed E-state index contributed by atoms with van der Waals surface area (Å²) in [5.41, 5.74) is 0. The van der Waals surface area contributed by atoms with Crippen molar-refractivity contribution in [3.05, 3.63) is 0 Å². The molecule has 21 heavy (non-hydrogen) atoms. The second-order valence-corrected chi connectivity index (χ2v) is 5.12. The van der Waals surface area contributed by atoms with E-state index in [4.69, 9.17) is 30.5 Å². The van der Waals surface area contributed by atoms with Gasteiger partial charge in [-0.2, -0.15) is 0 Å². The monoisotopic (exact) mass is 324 g/mol. The van der Waals surface area contributed by atoms with Gasteiger partial charge in [-0.15, -0.1) is 0 Å². The minimum absolute atomic E-state index is 0.658. The Morgan fingerprint density at radius 2 is 1.52 bits per heavy atom. The number of hydrogen-bond acceptors (Lipinski definition) is 8. The molecule has 0 radical (unpaired) electrons. The SMILES string of the molecule is CC(=O)O[C@@H]1[C@H](OC(C)=O)[C@H](C)OC(Cl)(OC(C)=O)[C@H]1O. The zero-order valence-electron chi connectivity index (χ0n) is 12.0. The molecule has 1 saturated heterocycles. The van der Waals surface area contributed by atoms with Gasteiger partial charge in [0, 0.05) is 20.8 Å². The van der Waals surface area contributed by atoms with Crippen molar-refractivity contribution >= 4 is 29.5 Å². The van der Waals surface area contributed by atoms with Gasteiger partial charge in [0.05, 0.1) is 0 Å². The number of esters is 3. The maximum absolute atomic E-state index is 11.2. The molecular formula is C12H17ClO8. The molecule has 9 heteroatoms. The van der Waals surface area contributed by atoms with Crippen LogP contribution in [-0.2, 0) is 33.3 Å². The average Bonchev–Trinajstić information content (AvgIpc) is 2.29. The number of ether oxygens (including phenoxy) is 4. The number of halogens is 1. The maximum Gasteiger partial charge on any atom is 0.324 e. The minimum Gasteiger partial charge on any atom is -0.456 e. The summed E-state index contributed by atoms with van der Waals surface area (Å²) in [4.78, 5) is 33.3. The van der Waals surface area contributed by atoms with E-state index in [1.807, 2.05) is 0 Å². The van der Waals surface area contributed by atoms with Crippen LogP contribution in [0.1, 0.15) is 27.7 Å². The standard InChI is InChI=1S/C12H17ClO8/c1-5-9(18-6(2)14)10(19-7(3)15)11(17)12(13,20-5)21-8(4)16/h5,9-11,17H,1-4H3/t5-,9+,10+,11-,12?/m0/s1. The Kier molecular flexibility index (Phi) is 5.54. The fourth-order valence-corrected chi connectivity index (χ4v) is 2.36. The van der Waals surface area contributed by atoms with Crippen molar-refractivity contribution in [3.8, 4) is 0 Å². The molecule has 1 heterocycles. The molecule has 0 bridgehead atoms. The lowest BCUT2D eigenvalue weighted by atomic mass is 9.99. The Morgan fingerprint density at radius 1 is 1.05 bits per heavy atom. The van der Waals surface area contributed by atoms with Crippen LogP contribution in [0.15, 0.2) is 0 Å². The third kappa shape index (κ3) is 4.29. The molecule has 1 aliphatic rings. The largest absolute Gasteiger partial charge is 0.456 e. The first-order valence-electron chi connectivity index (χ1n) is 6.15. The lowest BCUT2D eigenvalue weighted by molar-refractivity contribution is -0.310. The molecule has 1 rings (SSSR count). The predicted molar refractivity (Wildman–Crippen MR) is 68.0 cm³/mol. The van der Waals surface area contributed by atoms with Crippen LogP contribution in [0.3, 0.4) is 0 Å².